The number of methoxy groups -OCH3 is 2. The monoisotopic (exact) mass is 963 g/mol. The highest BCUT2D eigenvalue weighted by Gasteiger charge is 2.44. The zero-order valence-electron chi connectivity index (χ0n) is 34.8. The maximum Gasteiger partial charge on any atom is 0.333 e. The van der Waals surface area contributed by atoms with Gasteiger partial charge in [0, 0.05) is 22.9 Å². The van der Waals surface area contributed by atoms with Gasteiger partial charge in [0.25, 0.3) is 0 Å². The van der Waals surface area contributed by atoms with Gasteiger partial charge in [-0.15, -0.1) is 0 Å². The number of halogens is 2. The van der Waals surface area contributed by atoms with E-state index in [2.05, 4.69) is 184 Å². The van der Waals surface area contributed by atoms with Crippen LogP contribution in [0.15, 0.2) is 205 Å². The topological polar surface area (TPSA) is 76.4 Å². The molecule has 60 heavy (non-hydrogen) atoms. The molecule has 0 unspecified atom stereocenters. The van der Waals surface area contributed by atoms with Gasteiger partial charge in [-0.2, -0.15) is 5.26 Å². The number of carbonyl (C=O) groups is 2. The molecule has 0 aliphatic rings. The molecule has 0 saturated carbocycles. The van der Waals surface area contributed by atoms with Crippen LogP contribution in [0, 0.1) is 11.3 Å². The minimum atomic E-state index is -1.94. The summed E-state index contributed by atoms with van der Waals surface area (Å²) in [6, 6.07) is 66.2. The van der Waals surface area contributed by atoms with E-state index in [1.807, 2.05) is 44.2 Å². The molecular weight excluding hydrogens is 912 g/mol. The largest absolute Gasteiger partial charge is 1.00 e. The normalized spacial score (nSPS) is 10.7. The molecule has 0 bridgehead atoms. The number of rotatable bonds is 11. The van der Waals surface area contributed by atoms with Crippen molar-refractivity contribution in [1.82, 2.24) is 0 Å². The third-order valence-electron chi connectivity index (χ3n) is 8.86. The van der Waals surface area contributed by atoms with Crippen molar-refractivity contribution in [3.63, 3.8) is 0 Å². The van der Waals surface area contributed by atoms with Crippen LogP contribution in [-0.2, 0) is 19.1 Å². The number of nitrogens with zero attached hydrogens (tertiary/aromatic N) is 1. The van der Waals surface area contributed by atoms with Gasteiger partial charge in [-0.25, -0.2) is 9.59 Å². The average Bonchev–Trinajstić information content (AvgIpc) is 3.31. The highest BCUT2D eigenvalue weighted by Crippen LogP contribution is 2.55. The second-order valence-corrected chi connectivity index (χ2v) is 19.2. The van der Waals surface area contributed by atoms with Gasteiger partial charge in [-0.1, -0.05) is 175 Å². The fraction of sp³-hybridized carbons (Fsp3) is 0.157. The Hall–Kier alpha value is -4.95. The minimum Gasteiger partial charge on any atom is -1.00 e. The van der Waals surface area contributed by atoms with Crippen molar-refractivity contribution < 1.29 is 36.0 Å². The summed E-state index contributed by atoms with van der Waals surface area (Å²) in [5.41, 5.74) is 1.28. The number of hydrogen-bond donors (Lipinski definition) is 0. The molecule has 0 spiro atoms. The number of esters is 2. The molecule has 310 valence electrons. The summed E-state index contributed by atoms with van der Waals surface area (Å²) in [7, 11) is 0.406. The second-order valence-electron chi connectivity index (χ2n) is 12.8. The van der Waals surface area contributed by atoms with Gasteiger partial charge >= 0.3 is 11.9 Å². The molecule has 0 aliphatic heterocycles. The number of hydrogen-bond acceptors (Lipinski definition) is 5. The number of alkyl halides is 1. The third kappa shape index (κ3) is 15.9. The number of ether oxygens (including phenoxy) is 2. The van der Waals surface area contributed by atoms with Crippen LogP contribution < -0.4 is 48.8 Å². The van der Waals surface area contributed by atoms with E-state index < -0.39 is 15.2 Å². The molecule has 9 heteroatoms. The van der Waals surface area contributed by atoms with Crippen LogP contribution in [0.4, 0.5) is 0 Å². The van der Waals surface area contributed by atoms with Gasteiger partial charge in [0.1, 0.15) is 23.2 Å². The summed E-state index contributed by atoms with van der Waals surface area (Å²) in [5.74, 6) is -0.545. The third-order valence-corrected chi connectivity index (χ3v) is 15.9. The number of nitriles is 1. The summed E-state index contributed by atoms with van der Waals surface area (Å²) in [4.78, 5) is 22.6. The number of carbonyl (C=O) groups excluding carboxylic acids is 2. The second kappa shape index (κ2) is 29.3. The van der Waals surface area contributed by atoms with Crippen LogP contribution >= 0.6 is 31.1 Å². The SMILES string of the molecule is CCC#N.COC(=O)/C(C)=C/CBr.COC(=O)/C(C)=C/C[P+](c1ccccc1)(c1ccccc1)c1ccccc1.[Br-].c1ccc(P(c2ccccc2)c2ccccc2)cc1. The van der Waals surface area contributed by atoms with Gasteiger partial charge in [0.2, 0.25) is 0 Å². The molecule has 6 rings (SSSR count). The molecule has 0 aromatic heterocycles. The Morgan fingerprint density at radius 3 is 1.08 bits per heavy atom. The maximum atomic E-state index is 12.0. The summed E-state index contributed by atoms with van der Waals surface area (Å²) >= 11 is 3.16. The van der Waals surface area contributed by atoms with E-state index in [1.165, 1.54) is 46.0 Å². The van der Waals surface area contributed by atoms with Crippen molar-refractivity contribution in [2.24, 2.45) is 0 Å². The van der Waals surface area contributed by atoms with Crippen molar-refractivity contribution in [2.75, 3.05) is 25.7 Å². The lowest BCUT2D eigenvalue weighted by molar-refractivity contribution is -0.136. The Balaban J connectivity index is 0.000000326. The first kappa shape index (κ1) is 51.2. The zero-order valence-corrected chi connectivity index (χ0v) is 39.8. The fourth-order valence-corrected chi connectivity index (χ4v) is 12.8. The van der Waals surface area contributed by atoms with E-state index in [-0.39, 0.29) is 28.9 Å². The van der Waals surface area contributed by atoms with E-state index in [4.69, 9.17) is 10.00 Å². The van der Waals surface area contributed by atoms with Crippen LogP contribution in [0.1, 0.15) is 27.2 Å². The lowest BCUT2D eigenvalue weighted by atomic mass is 10.3. The molecule has 0 aliphatic carbocycles. The van der Waals surface area contributed by atoms with Crippen molar-refractivity contribution in [2.45, 2.75) is 27.2 Å². The van der Waals surface area contributed by atoms with Crippen molar-refractivity contribution >= 4 is 74.9 Å². The summed E-state index contributed by atoms with van der Waals surface area (Å²) < 4.78 is 9.34. The number of benzene rings is 6. The maximum absolute atomic E-state index is 12.0. The van der Waals surface area contributed by atoms with Gasteiger partial charge < -0.3 is 26.5 Å². The smallest absolute Gasteiger partial charge is 0.333 e. The first-order valence-corrected chi connectivity index (χ1v) is 23.6. The van der Waals surface area contributed by atoms with E-state index in [0.717, 1.165) is 6.16 Å². The number of allylic oxidation sites excluding steroid dienone is 2. The molecule has 0 heterocycles. The van der Waals surface area contributed by atoms with E-state index in [1.54, 1.807) is 13.0 Å². The van der Waals surface area contributed by atoms with Crippen molar-refractivity contribution in [3.05, 3.63) is 205 Å². The first-order valence-electron chi connectivity index (χ1n) is 19.2. The first-order chi connectivity index (χ1) is 28.8. The molecule has 0 fully saturated rings. The lowest BCUT2D eigenvalue weighted by Crippen LogP contribution is -3.00. The predicted molar refractivity (Wildman–Crippen MR) is 256 cm³/mol. The van der Waals surface area contributed by atoms with Crippen LogP contribution in [0.5, 0.6) is 0 Å². The highest BCUT2D eigenvalue weighted by atomic mass is 79.9. The molecule has 6 aromatic carbocycles. The summed E-state index contributed by atoms with van der Waals surface area (Å²) in [6.45, 7) is 5.36. The van der Waals surface area contributed by atoms with Crippen molar-refractivity contribution in [3.8, 4) is 6.07 Å². The van der Waals surface area contributed by atoms with Crippen molar-refractivity contribution in [1.29, 1.82) is 5.26 Å². The molecule has 6 aromatic rings. The molecule has 0 N–H and O–H groups in total. The van der Waals surface area contributed by atoms with Crippen LogP contribution in [-0.4, -0.2) is 37.7 Å². The van der Waals surface area contributed by atoms with Gasteiger partial charge in [0.15, 0.2) is 0 Å². The quantitative estimate of drug-likeness (QED) is 0.0608. The van der Waals surface area contributed by atoms with Gasteiger partial charge in [-0.3, -0.25) is 0 Å². The van der Waals surface area contributed by atoms with Crippen LogP contribution in [0.25, 0.3) is 0 Å². The molecule has 5 nitrogen and oxygen atoms in total. The predicted octanol–water partition coefficient (Wildman–Crippen LogP) is 6.97. The fourth-order valence-electron chi connectivity index (χ4n) is 5.87. The molecule has 0 atom stereocenters. The Kier molecular flexibility index (Phi) is 25.0. The van der Waals surface area contributed by atoms with Crippen LogP contribution in [0.2, 0.25) is 0 Å². The van der Waals surface area contributed by atoms with E-state index >= 15 is 0 Å². The zero-order chi connectivity index (χ0) is 42.7. The Bertz CT molecular complexity index is 2010. The molecular formula is C51H53Br2NO4P2. The highest BCUT2D eigenvalue weighted by molar-refractivity contribution is 9.09. The molecule has 0 radical (unpaired) electrons. The summed E-state index contributed by atoms with van der Waals surface area (Å²) in [6.07, 6.45) is 5.18. The van der Waals surface area contributed by atoms with Crippen LogP contribution in [0.3, 0.4) is 0 Å². The Morgan fingerprint density at radius 1 is 0.567 bits per heavy atom. The molecule has 0 amide bonds. The summed E-state index contributed by atoms with van der Waals surface area (Å²) in [5, 5.41) is 16.4. The van der Waals surface area contributed by atoms with Gasteiger partial charge in [-0.05, 0) is 80.2 Å². The lowest BCUT2D eigenvalue weighted by Gasteiger charge is -2.26. The Morgan fingerprint density at radius 2 is 0.833 bits per heavy atom. The van der Waals surface area contributed by atoms with E-state index in [0.29, 0.717) is 22.9 Å². The van der Waals surface area contributed by atoms with Gasteiger partial charge in [0.05, 0.1) is 26.5 Å². The van der Waals surface area contributed by atoms with E-state index in [9.17, 15) is 9.59 Å². The standard InChI is InChI=1S/C24H24O2P.C18H15P.C6H9BrO2.C3H5N.BrH/c1-20(24(25)26-2)18-19-27(21-12-6-3-7-13-21,22-14-8-4-9-15-22)23-16-10-5-11-17-23;1-4-10-16(11-5-1)19(17-12-6-2-7-13-17)18-14-8-3-9-15-18;1-5(3-4-7)6(8)9-2;1-2-3-4;/h3-18H,19H2,1-2H3;1-15H;3H,4H2,1-2H3;2H2,1H3;1H/q+1;;;;/p-1/b20-18+;;5-3+;;. The average molecular weight is 966 g/mol. The molecule has 0 saturated heterocycles. The Labute approximate surface area is 378 Å². The minimum absolute atomic E-state index is 0.